The maximum atomic E-state index is 11.9. The third-order valence-corrected chi connectivity index (χ3v) is 4.97. The summed E-state index contributed by atoms with van der Waals surface area (Å²) in [6.07, 6.45) is 1.78. The zero-order valence-corrected chi connectivity index (χ0v) is 14.4. The van der Waals surface area contributed by atoms with Gasteiger partial charge in [-0.15, -0.1) is 10.2 Å². The topological polar surface area (TPSA) is 84.7 Å². The molecule has 0 aromatic carbocycles. The van der Waals surface area contributed by atoms with Crippen LogP contribution in [0.15, 0.2) is 23.2 Å². The van der Waals surface area contributed by atoms with E-state index in [9.17, 15) is 4.79 Å². The molecule has 2 amide bonds. The van der Waals surface area contributed by atoms with E-state index in [0.717, 1.165) is 22.0 Å². The van der Waals surface area contributed by atoms with Gasteiger partial charge in [0.25, 0.3) is 0 Å². The molecule has 3 aromatic rings. The Morgan fingerprint density at radius 3 is 2.91 bits per heavy atom. The number of hydrogen-bond acceptors (Lipinski definition) is 6. The third kappa shape index (κ3) is 3.74. The molecule has 0 aliphatic carbocycles. The van der Waals surface area contributed by atoms with Gasteiger partial charge < -0.3 is 9.88 Å². The lowest BCUT2D eigenvalue weighted by Gasteiger charge is -2.07. The molecule has 0 unspecified atom stereocenters. The zero-order chi connectivity index (χ0) is 16.2. The maximum Gasteiger partial charge on any atom is 0.321 e. The van der Waals surface area contributed by atoms with E-state index in [1.54, 1.807) is 17.7 Å². The highest BCUT2D eigenvalue weighted by Gasteiger charge is 2.09. The first-order valence-electron chi connectivity index (χ1n) is 7.03. The van der Waals surface area contributed by atoms with E-state index in [1.807, 2.05) is 35.2 Å². The van der Waals surface area contributed by atoms with Crippen LogP contribution in [0.5, 0.6) is 0 Å². The van der Waals surface area contributed by atoms with E-state index in [1.165, 1.54) is 11.3 Å². The lowest BCUT2D eigenvalue weighted by atomic mass is 10.4. The molecule has 0 saturated carbocycles. The van der Waals surface area contributed by atoms with Crippen molar-refractivity contribution < 1.29 is 4.79 Å². The van der Waals surface area contributed by atoms with E-state index in [2.05, 4.69) is 25.8 Å². The summed E-state index contributed by atoms with van der Waals surface area (Å²) in [4.78, 5) is 16.1. The van der Waals surface area contributed by atoms with Crippen LogP contribution < -0.4 is 10.6 Å². The Hall–Kier alpha value is -2.26. The summed E-state index contributed by atoms with van der Waals surface area (Å²) >= 11 is 2.95. The average molecular weight is 348 g/mol. The monoisotopic (exact) mass is 348 g/mol. The normalized spacial score (nSPS) is 10.7. The Kier molecular flexibility index (Phi) is 4.68. The minimum Gasteiger partial charge on any atom is -0.336 e. The number of rotatable bonds is 5. The Morgan fingerprint density at radius 2 is 2.22 bits per heavy atom. The Bertz CT molecular complexity index is 792. The van der Waals surface area contributed by atoms with Crippen molar-refractivity contribution in [2.24, 2.45) is 0 Å². The van der Waals surface area contributed by atoms with Gasteiger partial charge in [0.15, 0.2) is 0 Å². The number of urea groups is 1. The minimum absolute atomic E-state index is 0.285. The number of carbonyl (C=O) groups is 1. The summed E-state index contributed by atoms with van der Waals surface area (Å²) in [7, 11) is 0. The lowest BCUT2D eigenvalue weighted by molar-refractivity contribution is 0.251. The minimum atomic E-state index is -0.285. The van der Waals surface area contributed by atoms with Crippen LogP contribution in [0.25, 0.3) is 10.6 Å². The summed E-state index contributed by atoms with van der Waals surface area (Å²) in [5.74, 6) is 0. The van der Waals surface area contributed by atoms with Crippen molar-refractivity contribution in [2.45, 2.75) is 20.4 Å². The number of amides is 2. The van der Waals surface area contributed by atoms with Gasteiger partial charge in [-0.3, -0.25) is 5.32 Å². The predicted molar refractivity (Wildman–Crippen MR) is 91.9 cm³/mol. The predicted octanol–water partition coefficient (Wildman–Crippen LogP) is 2.90. The Balaban J connectivity index is 1.49. The molecular formula is C14H16N6OS2. The fourth-order valence-electron chi connectivity index (χ4n) is 1.98. The molecule has 0 saturated heterocycles. The second-order valence-electron chi connectivity index (χ2n) is 4.91. The van der Waals surface area contributed by atoms with E-state index < -0.39 is 0 Å². The average Bonchev–Trinajstić information content (AvgIpc) is 3.24. The van der Waals surface area contributed by atoms with Gasteiger partial charge in [0.1, 0.15) is 5.01 Å². The standard InChI is InChI=1S/C14H16N6OS2/c1-9-10(2)20(8-16-9)5-4-15-13(21)17-14-19-18-12(23-14)11-3-6-22-7-11/h3,6-8H,4-5H2,1-2H3,(H2,15,17,19,21). The highest BCUT2D eigenvalue weighted by molar-refractivity contribution is 7.19. The van der Waals surface area contributed by atoms with Gasteiger partial charge >= 0.3 is 6.03 Å². The largest absolute Gasteiger partial charge is 0.336 e. The van der Waals surface area contributed by atoms with Crippen LogP contribution in [0.4, 0.5) is 9.93 Å². The molecule has 23 heavy (non-hydrogen) atoms. The molecule has 0 aliphatic heterocycles. The highest BCUT2D eigenvalue weighted by Crippen LogP contribution is 2.27. The van der Waals surface area contributed by atoms with Gasteiger partial charge in [-0.25, -0.2) is 9.78 Å². The molecule has 2 N–H and O–H groups in total. The first-order valence-corrected chi connectivity index (χ1v) is 8.78. The fraction of sp³-hybridized carbons (Fsp3) is 0.286. The lowest BCUT2D eigenvalue weighted by Crippen LogP contribution is -2.31. The summed E-state index contributed by atoms with van der Waals surface area (Å²) in [6, 6.07) is 1.69. The van der Waals surface area contributed by atoms with Gasteiger partial charge in [-0.05, 0) is 25.3 Å². The molecule has 7 nitrogen and oxygen atoms in total. The van der Waals surface area contributed by atoms with Crippen molar-refractivity contribution in [1.82, 2.24) is 25.1 Å². The van der Waals surface area contributed by atoms with Crippen molar-refractivity contribution >= 4 is 33.8 Å². The van der Waals surface area contributed by atoms with E-state index in [0.29, 0.717) is 18.2 Å². The Labute approximate surface area is 141 Å². The first-order chi connectivity index (χ1) is 11.1. The number of hydrogen-bond donors (Lipinski definition) is 2. The van der Waals surface area contributed by atoms with Gasteiger partial charge in [0.2, 0.25) is 5.13 Å². The number of thiophene rings is 1. The molecule has 0 bridgehead atoms. The molecule has 0 atom stereocenters. The van der Waals surface area contributed by atoms with Crippen molar-refractivity contribution in [1.29, 1.82) is 0 Å². The van der Waals surface area contributed by atoms with Crippen LogP contribution in [-0.2, 0) is 6.54 Å². The number of anilines is 1. The number of aryl methyl sites for hydroxylation is 1. The maximum absolute atomic E-state index is 11.9. The highest BCUT2D eigenvalue weighted by atomic mass is 32.1. The molecule has 120 valence electrons. The van der Waals surface area contributed by atoms with Gasteiger partial charge in [0, 0.05) is 29.7 Å². The molecule has 3 heterocycles. The van der Waals surface area contributed by atoms with Crippen LogP contribution in [0.1, 0.15) is 11.4 Å². The summed E-state index contributed by atoms with van der Waals surface area (Å²) in [5.41, 5.74) is 3.13. The number of carbonyl (C=O) groups excluding carboxylic acids is 1. The second kappa shape index (κ2) is 6.88. The second-order valence-corrected chi connectivity index (χ2v) is 6.67. The van der Waals surface area contributed by atoms with Crippen LogP contribution in [0, 0.1) is 13.8 Å². The quantitative estimate of drug-likeness (QED) is 0.742. The van der Waals surface area contributed by atoms with Crippen LogP contribution in [0.2, 0.25) is 0 Å². The van der Waals surface area contributed by atoms with Crippen molar-refractivity contribution in [3.63, 3.8) is 0 Å². The molecule has 0 spiro atoms. The molecule has 0 aliphatic rings. The zero-order valence-electron chi connectivity index (χ0n) is 12.7. The van der Waals surface area contributed by atoms with E-state index in [4.69, 9.17) is 0 Å². The molecule has 0 fully saturated rings. The number of aromatic nitrogens is 4. The fourth-order valence-corrected chi connectivity index (χ4v) is 3.43. The molecule has 3 aromatic heterocycles. The summed E-state index contributed by atoms with van der Waals surface area (Å²) in [6.45, 7) is 5.16. The van der Waals surface area contributed by atoms with E-state index in [-0.39, 0.29) is 6.03 Å². The summed E-state index contributed by atoms with van der Waals surface area (Å²) in [5, 5.41) is 18.8. The SMILES string of the molecule is Cc1ncn(CCNC(=O)Nc2nnc(-c3ccsc3)s2)c1C. The van der Waals surface area contributed by atoms with Gasteiger partial charge in [0.05, 0.1) is 12.0 Å². The van der Waals surface area contributed by atoms with Gasteiger partial charge in [-0.1, -0.05) is 11.3 Å². The van der Waals surface area contributed by atoms with Crippen molar-refractivity contribution in [3.8, 4) is 10.6 Å². The van der Waals surface area contributed by atoms with Crippen LogP contribution in [0.3, 0.4) is 0 Å². The number of imidazole rings is 1. The molecular weight excluding hydrogens is 332 g/mol. The molecule has 9 heteroatoms. The summed E-state index contributed by atoms with van der Waals surface area (Å²) < 4.78 is 2.01. The first kappa shape index (κ1) is 15.6. The molecule has 0 radical (unpaired) electrons. The van der Waals surface area contributed by atoms with E-state index >= 15 is 0 Å². The molecule has 3 rings (SSSR count). The van der Waals surface area contributed by atoms with Crippen molar-refractivity contribution in [2.75, 3.05) is 11.9 Å². The number of nitrogens with zero attached hydrogens (tertiary/aromatic N) is 4. The Morgan fingerprint density at radius 1 is 1.35 bits per heavy atom. The third-order valence-electron chi connectivity index (χ3n) is 3.40. The number of nitrogens with one attached hydrogen (secondary N) is 2. The van der Waals surface area contributed by atoms with Gasteiger partial charge in [-0.2, -0.15) is 11.3 Å². The van der Waals surface area contributed by atoms with Crippen LogP contribution in [-0.4, -0.2) is 32.3 Å². The van der Waals surface area contributed by atoms with Crippen LogP contribution >= 0.6 is 22.7 Å². The smallest absolute Gasteiger partial charge is 0.321 e. The van der Waals surface area contributed by atoms with Crippen molar-refractivity contribution in [3.05, 3.63) is 34.5 Å².